The number of carbonyl (C=O) groups is 1. The van der Waals surface area contributed by atoms with E-state index < -0.39 is 0 Å². The van der Waals surface area contributed by atoms with Crippen molar-refractivity contribution in [2.45, 2.75) is 50.5 Å². The SMILES string of the molecule is COc1ccc([C@H]2CC(=O)Nc3c2c(=O)[nH]n3C2CCCCC2)cc1O. The van der Waals surface area contributed by atoms with Gasteiger partial charge in [-0.25, -0.2) is 0 Å². The van der Waals surface area contributed by atoms with Crippen molar-refractivity contribution in [2.24, 2.45) is 0 Å². The second-order valence-electron chi connectivity index (χ2n) is 7.10. The molecule has 0 radical (unpaired) electrons. The Bertz CT molecular complexity index is 893. The van der Waals surface area contributed by atoms with E-state index in [2.05, 4.69) is 10.4 Å². The summed E-state index contributed by atoms with van der Waals surface area (Å²) in [5.74, 6) is 0.438. The van der Waals surface area contributed by atoms with Crippen LogP contribution >= 0.6 is 0 Å². The van der Waals surface area contributed by atoms with Crippen molar-refractivity contribution >= 4 is 11.7 Å². The zero-order valence-electron chi connectivity index (χ0n) is 14.7. The molecule has 2 aliphatic rings. The molecule has 138 valence electrons. The molecule has 1 fully saturated rings. The molecule has 1 aliphatic heterocycles. The maximum absolute atomic E-state index is 12.7. The lowest BCUT2D eigenvalue weighted by Gasteiger charge is -2.28. The van der Waals surface area contributed by atoms with Crippen molar-refractivity contribution in [3.8, 4) is 11.5 Å². The molecule has 3 N–H and O–H groups in total. The maximum Gasteiger partial charge on any atom is 0.270 e. The third-order valence-corrected chi connectivity index (χ3v) is 5.50. The van der Waals surface area contributed by atoms with Gasteiger partial charge in [0.1, 0.15) is 5.82 Å². The van der Waals surface area contributed by atoms with Crippen LogP contribution in [-0.4, -0.2) is 27.9 Å². The largest absolute Gasteiger partial charge is 0.504 e. The van der Waals surface area contributed by atoms with E-state index in [0.717, 1.165) is 31.2 Å². The van der Waals surface area contributed by atoms with E-state index in [4.69, 9.17) is 4.74 Å². The molecule has 7 heteroatoms. The van der Waals surface area contributed by atoms with Crippen LogP contribution in [0.15, 0.2) is 23.0 Å². The van der Waals surface area contributed by atoms with Crippen LogP contribution < -0.4 is 15.6 Å². The second kappa shape index (κ2) is 6.55. The first kappa shape index (κ1) is 16.8. The van der Waals surface area contributed by atoms with Gasteiger partial charge < -0.3 is 15.2 Å². The fourth-order valence-electron chi connectivity index (χ4n) is 4.21. The van der Waals surface area contributed by atoms with E-state index in [1.165, 1.54) is 13.5 Å². The Morgan fingerprint density at radius 2 is 1.96 bits per heavy atom. The van der Waals surface area contributed by atoms with Gasteiger partial charge in [-0.2, -0.15) is 0 Å². The van der Waals surface area contributed by atoms with E-state index in [1.807, 2.05) is 4.68 Å². The van der Waals surface area contributed by atoms with Gasteiger partial charge >= 0.3 is 0 Å². The Morgan fingerprint density at radius 3 is 2.65 bits per heavy atom. The number of phenolic OH excluding ortho intramolecular Hbond substituents is 1. The summed E-state index contributed by atoms with van der Waals surface area (Å²) in [5.41, 5.74) is 1.12. The molecule has 1 aromatic carbocycles. The molecule has 0 spiro atoms. The summed E-state index contributed by atoms with van der Waals surface area (Å²) in [4.78, 5) is 25.0. The molecule has 1 aromatic heterocycles. The number of aromatic hydroxyl groups is 1. The van der Waals surface area contributed by atoms with Crippen LogP contribution in [0.3, 0.4) is 0 Å². The second-order valence-corrected chi connectivity index (χ2v) is 7.10. The first-order valence-corrected chi connectivity index (χ1v) is 9.09. The number of aromatic amines is 1. The van der Waals surface area contributed by atoms with Crippen LogP contribution in [0.5, 0.6) is 11.5 Å². The number of H-pyrrole nitrogens is 1. The van der Waals surface area contributed by atoms with Gasteiger partial charge in [0.25, 0.3) is 5.56 Å². The van der Waals surface area contributed by atoms with Crippen LogP contribution in [0.2, 0.25) is 0 Å². The Kier molecular flexibility index (Phi) is 4.22. The number of ether oxygens (including phenoxy) is 1. The summed E-state index contributed by atoms with van der Waals surface area (Å²) < 4.78 is 6.94. The van der Waals surface area contributed by atoms with E-state index in [9.17, 15) is 14.7 Å². The van der Waals surface area contributed by atoms with Gasteiger partial charge in [0.2, 0.25) is 5.91 Å². The van der Waals surface area contributed by atoms with Crippen LogP contribution in [0, 0.1) is 0 Å². The quantitative estimate of drug-likeness (QED) is 0.787. The normalized spacial score (nSPS) is 20.5. The van der Waals surface area contributed by atoms with E-state index in [0.29, 0.717) is 17.1 Å². The van der Waals surface area contributed by atoms with Gasteiger partial charge in [-0.1, -0.05) is 25.3 Å². The van der Waals surface area contributed by atoms with Gasteiger partial charge in [0, 0.05) is 12.3 Å². The Balaban J connectivity index is 1.78. The highest BCUT2D eigenvalue weighted by molar-refractivity contribution is 5.94. The number of hydrogen-bond donors (Lipinski definition) is 3. The van der Waals surface area contributed by atoms with Gasteiger partial charge in [-0.05, 0) is 30.5 Å². The Labute approximate surface area is 151 Å². The van der Waals surface area contributed by atoms with Crippen molar-refractivity contribution in [1.82, 2.24) is 9.78 Å². The summed E-state index contributed by atoms with van der Waals surface area (Å²) in [5, 5.41) is 15.9. The minimum absolute atomic E-state index is 0.000623. The highest BCUT2D eigenvalue weighted by atomic mass is 16.5. The Morgan fingerprint density at radius 1 is 1.19 bits per heavy atom. The lowest BCUT2D eigenvalue weighted by Crippen LogP contribution is -2.27. The van der Waals surface area contributed by atoms with Crippen molar-refractivity contribution < 1.29 is 14.6 Å². The van der Waals surface area contributed by atoms with Crippen LogP contribution in [0.4, 0.5) is 5.82 Å². The number of phenols is 1. The number of fused-ring (bicyclic) bond motifs is 1. The molecule has 1 atom stereocenters. The topological polar surface area (TPSA) is 96.4 Å². The highest BCUT2D eigenvalue weighted by Crippen LogP contribution is 2.40. The molecule has 4 rings (SSSR count). The zero-order chi connectivity index (χ0) is 18.3. The molecule has 26 heavy (non-hydrogen) atoms. The lowest BCUT2D eigenvalue weighted by molar-refractivity contribution is -0.116. The number of carbonyl (C=O) groups excluding carboxylic acids is 1. The van der Waals surface area contributed by atoms with Gasteiger partial charge in [-0.15, -0.1) is 0 Å². The van der Waals surface area contributed by atoms with Gasteiger partial charge in [0.05, 0.1) is 18.7 Å². The molecule has 7 nitrogen and oxygen atoms in total. The van der Waals surface area contributed by atoms with Crippen LogP contribution in [-0.2, 0) is 4.79 Å². The number of nitrogens with zero attached hydrogens (tertiary/aromatic N) is 1. The standard InChI is InChI=1S/C19H23N3O4/c1-26-15-8-7-11(9-14(15)23)13-10-16(24)20-18-17(13)19(25)21-22(18)12-5-3-2-4-6-12/h7-9,12-13,23H,2-6,10H2,1H3,(H,20,24)(H,21,25)/t13-/m1/s1. The number of amides is 1. The molecule has 1 aliphatic carbocycles. The van der Waals surface area contributed by atoms with Crippen molar-refractivity contribution in [3.05, 3.63) is 39.7 Å². The van der Waals surface area contributed by atoms with Crippen LogP contribution in [0.25, 0.3) is 0 Å². The fraction of sp³-hybridized carbons (Fsp3) is 0.474. The summed E-state index contributed by atoms with van der Waals surface area (Å²) in [6.45, 7) is 0. The smallest absolute Gasteiger partial charge is 0.270 e. The van der Waals surface area contributed by atoms with Crippen LogP contribution in [0.1, 0.15) is 61.6 Å². The lowest BCUT2D eigenvalue weighted by atomic mass is 9.87. The molecule has 0 unspecified atom stereocenters. The third kappa shape index (κ3) is 2.77. The van der Waals surface area contributed by atoms with E-state index in [1.54, 1.807) is 18.2 Å². The zero-order valence-corrected chi connectivity index (χ0v) is 14.7. The number of nitrogens with one attached hydrogen (secondary N) is 2. The van der Waals surface area contributed by atoms with E-state index in [-0.39, 0.29) is 35.6 Å². The first-order valence-electron chi connectivity index (χ1n) is 9.09. The fourth-order valence-corrected chi connectivity index (χ4v) is 4.21. The molecule has 1 saturated carbocycles. The van der Waals surface area contributed by atoms with Crippen molar-refractivity contribution in [2.75, 3.05) is 12.4 Å². The predicted octanol–water partition coefficient (Wildman–Crippen LogP) is 2.87. The summed E-state index contributed by atoms with van der Waals surface area (Å²) >= 11 is 0. The van der Waals surface area contributed by atoms with E-state index >= 15 is 0 Å². The molecule has 2 aromatic rings. The predicted molar refractivity (Wildman–Crippen MR) is 96.9 cm³/mol. The number of benzene rings is 1. The third-order valence-electron chi connectivity index (χ3n) is 5.50. The molecular formula is C19H23N3O4. The highest BCUT2D eigenvalue weighted by Gasteiger charge is 2.34. The number of aromatic nitrogens is 2. The summed E-state index contributed by atoms with van der Waals surface area (Å²) in [7, 11) is 1.48. The van der Waals surface area contributed by atoms with Gasteiger partial charge in [-0.3, -0.25) is 19.4 Å². The average Bonchev–Trinajstić information content (AvgIpc) is 2.98. The summed E-state index contributed by atoms with van der Waals surface area (Å²) in [6.07, 6.45) is 5.65. The van der Waals surface area contributed by atoms with Crippen molar-refractivity contribution in [1.29, 1.82) is 0 Å². The minimum Gasteiger partial charge on any atom is -0.504 e. The molecule has 0 bridgehead atoms. The summed E-state index contributed by atoms with van der Waals surface area (Å²) in [6, 6.07) is 5.23. The molecular weight excluding hydrogens is 334 g/mol. The van der Waals surface area contributed by atoms with Crippen molar-refractivity contribution in [3.63, 3.8) is 0 Å². The first-order chi connectivity index (χ1) is 12.6. The molecule has 2 heterocycles. The maximum atomic E-state index is 12.7. The minimum atomic E-state index is -0.385. The Hall–Kier alpha value is -2.70. The molecule has 0 saturated heterocycles. The monoisotopic (exact) mass is 357 g/mol. The number of methoxy groups -OCH3 is 1. The number of anilines is 1. The number of hydrogen-bond acceptors (Lipinski definition) is 4. The van der Waals surface area contributed by atoms with Gasteiger partial charge in [0.15, 0.2) is 11.5 Å². The molecule has 1 amide bonds. The number of rotatable bonds is 3. The average molecular weight is 357 g/mol.